The van der Waals surface area contributed by atoms with Crippen molar-refractivity contribution in [3.8, 4) is 0 Å². The Morgan fingerprint density at radius 3 is 2.75 bits per heavy atom. The number of nitrogens with two attached hydrogens (primary N) is 1. The maximum absolute atomic E-state index is 12.9. The summed E-state index contributed by atoms with van der Waals surface area (Å²) in [7, 11) is 1.83. The molecule has 1 aromatic heterocycles. The van der Waals surface area contributed by atoms with Crippen molar-refractivity contribution in [1.29, 1.82) is 0 Å². The summed E-state index contributed by atoms with van der Waals surface area (Å²) in [5.41, 5.74) is 7.28. The zero-order chi connectivity index (χ0) is 20.1. The van der Waals surface area contributed by atoms with Crippen LogP contribution in [0.3, 0.4) is 0 Å². The van der Waals surface area contributed by atoms with E-state index in [4.69, 9.17) is 5.73 Å². The van der Waals surface area contributed by atoms with Crippen LogP contribution in [-0.4, -0.2) is 41.2 Å². The maximum Gasteiger partial charge on any atom is 0.315 e. The Labute approximate surface area is 163 Å². The standard InChI is InChI=1S/C20H23N5O3/c1-22-14-7-4-6-13(12-14)16-9-2-3-11-25(16)20(28)19(27)24-18-15(17(21)26)8-5-10-23-18/h4-8,10,12,16,22H,2-3,9,11H2,1H3,(H2,21,26)(H,23,24,27)/t16-/m0/s1. The summed E-state index contributed by atoms with van der Waals surface area (Å²) in [6.07, 6.45) is 4.01. The van der Waals surface area contributed by atoms with Crippen LogP contribution in [0.4, 0.5) is 11.5 Å². The fourth-order valence-electron chi connectivity index (χ4n) is 3.42. The van der Waals surface area contributed by atoms with E-state index in [-0.39, 0.29) is 17.4 Å². The molecule has 0 spiro atoms. The molecule has 0 saturated carbocycles. The van der Waals surface area contributed by atoms with Crippen LogP contribution in [0.2, 0.25) is 0 Å². The molecule has 1 aliphatic heterocycles. The van der Waals surface area contributed by atoms with Crippen molar-refractivity contribution in [2.75, 3.05) is 24.2 Å². The summed E-state index contributed by atoms with van der Waals surface area (Å²) in [6.45, 7) is 0.492. The molecule has 1 saturated heterocycles. The van der Waals surface area contributed by atoms with E-state index in [2.05, 4.69) is 15.6 Å². The van der Waals surface area contributed by atoms with Gasteiger partial charge in [0.05, 0.1) is 11.6 Å². The summed E-state index contributed by atoms with van der Waals surface area (Å²) in [6, 6.07) is 10.6. The van der Waals surface area contributed by atoms with Crippen LogP contribution in [0.1, 0.15) is 41.2 Å². The zero-order valence-corrected chi connectivity index (χ0v) is 15.6. The summed E-state index contributed by atoms with van der Waals surface area (Å²) in [4.78, 5) is 42.5. The molecule has 1 aliphatic rings. The second-order valence-corrected chi connectivity index (χ2v) is 6.60. The number of carbonyl (C=O) groups excluding carboxylic acids is 3. The minimum absolute atomic E-state index is 0.0147. The highest BCUT2D eigenvalue weighted by Crippen LogP contribution is 2.32. The van der Waals surface area contributed by atoms with Crippen LogP contribution < -0.4 is 16.4 Å². The first-order valence-electron chi connectivity index (χ1n) is 9.15. The maximum atomic E-state index is 12.9. The van der Waals surface area contributed by atoms with Gasteiger partial charge >= 0.3 is 11.8 Å². The summed E-state index contributed by atoms with van der Waals surface area (Å²) in [5, 5.41) is 5.52. The van der Waals surface area contributed by atoms with Crippen LogP contribution in [0.15, 0.2) is 42.6 Å². The number of benzene rings is 1. The fourth-order valence-corrected chi connectivity index (χ4v) is 3.42. The molecular formula is C20H23N5O3. The number of aromatic nitrogens is 1. The van der Waals surface area contributed by atoms with Gasteiger partial charge in [0.25, 0.3) is 5.91 Å². The van der Waals surface area contributed by atoms with Gasteiger partial charge in [0.2, 0.25) is 0 Å². The lowest BCUT2D eigenvalue weighted by Gasteiger charge is -2.35. The number of hydrogen-bond acceptors (Lipinski definition) is 5. The molecule has 28 heavy (non-hydrogen) atoms. The second kappa shape index (κ2) is 8.51. The molecule has 1 aromatic carbocycles. The van der Waals surface area contributed by atoms with Crippen LogP contribution in [0.25, 0.3) is 0 Å². The van der Waals surface area contributed by atoms with Gasteiger partial charge in [0, 0.05) is 25.5 Å². The van der Waals surface area contributed by atoms with E-state index in [0.717, 1.165) is 30.5 Å². The van der Waals surface area contributed by atoms with Gasteiger partial charge in [-0.2, -0.15) is 0 Å². The van der Waals surface area contributed by atoms with E-state index in [1.807, 2.05) is 31.3 Å². The van der Waals surface area contributed by atoms with Crippen molar-refractivity contribution >= 4 is 29.2 Å². The Hall–Kier alpha value is -3.42. The van der Waals surface area contributed by atoms with Gasteiger partial charge in [-0.3, -0.25) is 14.4 Å². The van der Waals surface area contributed by atoms with Gasteiger partial charge in [0.1, 0.15) is 5.82 Å². The number of piperidine rings is 1. The quantitative estimate of drug-likeness (QED) is 0.700. The zero-order valence-electron chi connectivity index (χ0n) is 15.6. The Morgan fingerprint density at radius 1 is 1.18 bits per heavy atom. The van der Waals surface area contributed by atoms with Crippen LogP contribution >= 0.6 is 0 Å². The summed E-state index contributed by atoms with van der Waals surface area (Å²) >= 11 is 0. The van der Waals surface area contributed by atoms with E-state index in [1.54, 1.807) is 4.90 Å². The first kappa shape index (κ1) is 19.3. The highest BCUT2D eigenvalue weighted by atomic mass is 16.2. The Balaban J connectivity index is 1.81. The van der Waals surface area contributed by atoms with Gasteiger partial charge in [-0.25, -0.2) is 4.98 Å². The van der Waals surface area contributed by atoms with Crippen molar-refractivity contribution in [2.45, 2.75) is 25.3 Å². The SMILES string of the molecule is CNc1cccc([C@@H]2CCCCN2C(=O)C(=O)Nc2ncccc2C(N)=O)c1. The molecule has 8 nitrogen and oxygen atoms in total. The van der Waals surface area contributed by atoms with Crippen molar-refractivity contribution in [2.24, 2.45) is 5.73 Å². The van der Waals surface area contributed by atoms with Crippen molar-refractivity contribution in [1.82, 2.24) is 9.88 Å². The first-order chi connectivity index (χ1) is 13.5. The number of hydrogen-bond donors (Lipinski definition) is 3. The monoisotopic (exact) mass is 381 g/mol. The molecule has 4 N–H and O–H groups in total. The molecule has 3 amide bonds. The number of primary amides is 1. The molecule has 2 aromatic rings. The average molecular weight is 381 g/mol. The Bertz CT molecular complexity index is 899. The minimum atomic E-state index is -0.835. The lowest BCUT2D eigenvalue weighted by molar-refractivity contribution is -0.145. The third-order valence-corrected chi connectivity index (χ3v) is 4.82. The van der Waals surface area contributed by atoms with E-state index in [0.29, 0.717) is 6.54 Å². The number of nitrogens with zero attached hydrogens (tertiary/aromatic N) is 2. The molecule has 0 unspecified atom stereocenters. The molecule has 8 heteroatoms. The van der Waals surface area contributed by atoms with Crippen LogP contribution in [0, 0.1) is 0 Å². The van der Waals surface area contributed by atoms with E-state index in [1.165, 1.54) is 18.3 Å². The lowest BCUT2D eigenvalue weighted by Crippen LogP contribution is -2.44. The van der Waals surface area contributed by atoms with Crippen molar-refractivity contribution in [3.05, 3.63) is 53.7 Å². The summed E-state index contributed by atoms with van der Waals surface area (Å²) < 4.78 is 0. The Morgan fingerprint density at radius 2 is 2.00 bits per heavy atom. The van der Waals surface area contributed by atoms with E-state index >= 15 is 0 Å². The minimum Gasteiger partial charge on any atom is -0.388 e. The predicted octanol–water partition coefficient (Wildman–Crippen LogP) is 1.91. The number of pyridine rings is 1. The highest BCUT2D eigenvalue weighted by Gasteiger charge is 2.32. The van der Waals surface area contributed by atoms with Gasteiger partial charge in [0.15, 0.2) is 0 Å². The number of nitrogens with one attached hydrogen (secondary N) is 2. The molecule has 3 rings (SSSR count). The van der Waals surface area contributed by atoms with Gasteiger partial charge in [-0.15, -0.1) is 0 Å². The molecule has 2 heterocycles. The lowest BCUT2D eigenvalue weighted by atomic mass is 9.94. The van der Waals surface area contributed by atoms with Crippen LogP contribution in [0.5, 0.6) is 0 Å². The third kappa shape index (κ3) is 4.11. The van der Waals surface area contributed by atoms with Gasteiger partial charge in [-0.05, 0) is 49.1 Å². The van der Waals surface area contributed by atoms with Crippen LogP contribution in [-0.2, 0) is 9.59 Å². The summed E-state index contributed by atoms with van der Waals surface area (Å²) in [5.74, 6) is -2.23. The third-order valence-electron chi connectivity index (χ3n) is 4.82. The largest absolute Gasteiger partial charge is 0.388 e. The molecule has 1 fully saturated rings. The van der Waals surface area contributed by atoms with Gasteiger partial charge < -0.3 is 21.3 Å². The van der Waals surface area contributed by atoms with Crippen molar-refractivity contribution in [3.63, 3.8) is 0 Å². The van der Waals surface area contributed by atoms with E-state index in [9.17, 15) is 14.4 Å². The Kier molecular flexibility index (Phi) is 5.88. The van der Waals surface area contributed by atoms with Crippen molar-refractivity contribution < 1.29 is 14.4 Å². The number of rotatable bonds is 4. The molecule has 0 radical (unpaired) electrons. The number of likely N-dealkylation sites (tertiary alicyclic amines) is 1. The molecule has 1 atom stereocenters. The highest BCUT2D eigenvalue weighted by molar-refractivity contribution is 6.39. The number of amides is 3. The smallest absolute Gasteiger partial charge is 0.315 e. The van der Waals surface area contributed by atoms with E-state index < -0.39 is 17.7 Å². The number of carbonyl (C=O) groups is 3. The fraction of sp³-hybridized carbons (Fsp3) is 0.300. The normalized spacial score (nSPS) is 16.3. The molecular weight excluding hydrogens is 358 g/mol. The first-order valence-corrected chi connectivity index (χ1v) is 9.15. The topological polar surface area (TPSA) is 117 Å². The molecule has 0 aliphatic carbocycles. The number of anilines is 2. The molecule has 146 valence electrons. The second-order valence-electron chi connectivity index (χ2n) is 6.60. The molecule has 0 bridgehead atoms. The predicted molar refractivity (Wildman–Crippen MR) is 106 cm³/mol. The average Bonchev–Trinajstić information content (AvgIpc) is 2.73. The van der Waals surface area contributed by atoms with Gasteiger partial charge in [-0.1, -0.05) is 12.1 Å².